The SMILES string of the molecule is O=C(C1CC(=O)N(c2ccccc2Cl)C1)N1CCOCC1. The summed E-state index contributed by atoms with van der Waals surface area (Å²) in [6, 6.07) is 7.22. The van der Waals surface area contributed by atoms with Crippen LogP contribution >= 0.6 is 11.6 Å². The predicted molar refractivity (Wildman–Crippen MR) is 79.3 cm³/mol. The number of hydrogen-bond donors (Lipinski definition) is 0. The van der Waals surface area contributed by atoms with Crippen molar-refractivity contribution in [3.05, 3.63) is 29.3 Å². The van der Waals surface area contributed by atoms with Gasteiger partial charge in [0.2, 0.25) is 11.8 Å². The Morgan fingerprint density at radius 1 is 1.24 bits per heavy atom. The van der Waals surface area contributed by atoms with Crippen LogP contribution in [0, 0.1) is 5.92 Å². The van der Waals surface area contributed by atoms with Gasteiger partial charge in [0.05, 0.1) is 29.8 Å². The van der Waals surface area contributed by atoms with Crippen molar-refractivity contribution in [3.8, 4) is 0 Å². The van der Waals surface area contributed by atoms with E-state index in [1.165, 1.54) is 0 Å². The number of halogens is 1. The molecule has 1 aromatic rings. The van der Waals surface area contributed by atoms with E-state index in [-0.39, 0.29) is 24.2 Å². The van der Waals surface area contributed by atoms with Gasteiger partial charge in [-0.15, -0.1) is 0 Å². The summed E-state index contributed by atoms with van der Waals surface area (Å²) in [7, 11) is 0. The summed E-state index contributed by atoms with van der Waals surface area (Å²) >= 11 is 6.14. The van der Waals surface area contributed by atoms with E-state index in [9.17, 15) is 9.59 Å². The Labute approximate surface area is 128 Å². The van der Waals surface area contributed by atoms with Crippen LogP contribution in [0.25, 0.3) is 0 Å². The number of amides is 2. The number of hydrogen-bond acceptors (Lipinski definition) is 3. The van der Waals surface area contributed by atoms with Gasteiger partial charge in [-0.25, -0.2) is 0 Å². The highest BCUT2D eigenvalue weighted by molar-refractivity contribution is 6.33. The number of para-hydroxylation sites is 1. The van der Waals surface area contributed by atoms with Crippen LogP contribution in [0.2, 0.25) is 5.02 Å². The number of anilines is 1. The Kier molecular flexibility index (Phi) is 4.12. The number of benzene rings is 1. The molecule has 1 aromatic carbocycles. The molecule has 2 saturated heterocycles. The van der Waals surface area contributed by atoms with Crippen molar-refractivity contribution in [2.45, 2.75) is 6.42 Å². The maximum absolute atomic E-state index is 12.5. The summed E-state index contributed by atoms with van der Waals surface area (Å²) in [6.45, 7) is 2.76. The summed E-state index contributed by atoms with van der Waals surface area (Å²) in [5, 5.41) is 0.533. The van der Waals surface area contributed by atoms with Gasteiger partial charge >= 0.3 is 0 Å². The van der Waals surface area contributed by atoms with Crippen LogP contribution < -0.4 is 4.90 Å². The zero-order chi connectivity index (χ0) is 14.8. The number of carbonyl (C=O) groups is 2. The number of morpholine rings is 1. The van der Waals surface area contributed by atoms with Crippen LogP contribution in [0.1, 0.15) is 6.42 Å². The second kappa shape index (κ2) is 6.03. The second-order valence-electron chi connectivity index (χ2n) is 5.29. The fourth-order valence-corrected chi connectivity index (χ4v) is 3.06. The van der Waals surface area contributed by atoms with E-state index in [1.807, 2.05) is 18.2 Å². The van der Waals surface area contributed by atoms with Crippen molar-refractivity contribution < 1.29 is 14.3 Å². The fourth-order valence-electron chi connectivity index (χ4n) is 2.82. The number of rotatable bonds is 2. The highest BCUT2D eigenvalue weighted by Crippen LogP contribution is 2.31. The van der Waals surface area contributed by atoms with Crippen molar-refractivity contribution in [2.24, 2.45) is 5.92 Å². The summed E-state index contributed by atoms with van der Waals surface area (Å²) in [5.74, 6) is -0.289. The van der Waals surface area contributed by atoms with Gasteiger partial charge in [-0.3, -0.25) is 9.59 Å². The van der Waals surface area contributed by atoms with E-state index in [0.717, 1.165) is 0 Å². The van der Waals surface area contributed by atoms with E-state index < -0.39 is 0 Å². The molecular formula is C15H17ClN2O3. The largest absolute Gasteiger partial charge is 0.378 e. The average molecular weight is 309 g/mol. The highest BCUT2D eigenvalue weighted by Gasteiger charge is 2.38. The molecule has 21 heavy (non-hydrogen) atoms. The first-order chi connectivity index (χ1) is 10.2. The van der Waals surface area contributed by atoms with Crippen molar-refractivity contribution >= 4 is 29.1 Å². The second-order valence-corrected chi connectivity index (χ2v) is 5.70. The maximum atomic E-state index is 12.5. The molecule has 0 aliphatic carbocycles. The average Bonchev–Trinajstić information content (AvgIpc) is 2.90. The summed E-state index contributed by atoms with van der Waals surface area (Å²) in [4.78, 5) is 28.1. The summed E-state index contributed by atoms with van der Waals surface area (Å²) in [6.07, 6.45) is 0.251. The third-order valence-corrected chi connectivity index (χ3v) is 4.26. The van der Waals surface area contributed by atoms with Crippen molar-refractivity contribution in [3.63, 3.8) is 0 Å². The molecule has 0 N–H and O–H groups in total. The van der Waals surface area contributed by atoms with Crippen molar-refractivity contribution in [1.29, 1.82) is 0 Å². The lowest BCUT2D eigenvalue weighted by atomic mass is 10.1. The van der Waals surface area contributed by atoms with Crippen molar-refractivity contribution in [1.82, 2.24) is 4.90 Å². The van der Waals surface area contributed by atoms with E-state index in [1.54, 1.807) is 15.9 Å². The molecule has 3 rings (SSSR count). The molecule has 1 unspecified atom stereocenters. The Bertz CT molecular complexity index is 558. The molecule has 2 aliphatic rings. The minimum atomic E-state index is -0.285. The zero-order valence-corrected chi connectivity index (χ0v) is 12.4. The third-order valence-electron chi connectivity index (χ3n) is 3.94. The molecule has 2 heterocycles. The van der Waals surface area contributed by atoms with E-state index >= 15 is 0 Å². The number of carbonyl (C=O) groups excluding carboxylic acids is 2. The molecule has 5 nitrogen and oxygen atoms in total. The Morgan fingerprint density at radius 3 is 2.67 bits per heavy atom. The van der Waals surface area contributed by atoms with Crippen LogP contribution in [0.15, 0.2) is 24.3 Å². The smallest absolute Gasteiger partial charge is 0.228 e. The van der Waals surface area contributed by atoms with Gasteiger partial charge in [0.25, 0.3) is 0 Å². The van der Waals surface area contributed by atoms with Gasteiger partial charge in [0.15, 0.2) is 0 Å². The Morgan fingerprint density at radius 2 is 1.95 bits per heavy atom. The van der Waals surface area contributed by atoms with Crippen LogP contribution in [-0.2, 0) is 14.3 Å². The Balaban J connectivity index is 1.72. The molecule has 112 valence electrons. The number of nitrogens with zero attached hydrogens (tertiary/aromatic N) is 2. The lowest BCUT2D eigenvalue weighted by Crippen LogP contribution is -2.44. The first kappa shape index (κ1) is 14.4. The van der Waals surface area contributed by atoms with Crippen LogP contribution in [0.4, 0.5) is 5.69 Å². The van der Waals surface area contributed by atoms with E-state index in [2.05, 4.69) is 0 Å². The third kappa shape index (κ3) is 2.89. The molecule has 0 spiro atoms. The summed E-state index contributed by atoms with van der Waals surface area (Å²) in [5.41, 5.74) is 0.682. The molecule has 6 heteroatoms. The molecule has 1 atom stereocenters. The molecule has 0 saturated carbocycles. The maximum Gasteiger partial charge on any atom is 0.228 e. The van der Waals surface area contributed by atoms with Gasteiger partial charge in [-0.05, 0) is 12.1 Å². The van der Waals surface area contributed by atoms with Gasteiger partial charge in [0.1, 0.15) is 0 Å². The van der Waals surface area contributed by atoms with E-state index in [4.69, 9.17) is 16.3 Å². The Hall–Kier alpha value is -1.59. The minimum absolute atomic E-state index is 0.0428. The molecule has 2 fully saturated rings. The van der Waals surface area contributed by atoms with Gasteiger partial charge in [-0.1, -0.05) is 23.7 Å². The van der Waals surface area contributed by atoms with Crippen LogP contribution in [0.3, 0.4) is 0 Å². The van der Waals surface area contributed by atoms with Gasteiger partial charge in [0, 0.05) is 26.1 Å². The topological polar surface area (TPSA) is 49.9 Å². The monoisotopic (exact) mass is 308 g/mol. The molecule has 0 bridgehead atoms. The molecule has 0 radical (unpaired) electrons. The highest BCUT2D eigenvalue weighted by atomic mass is 35.5. The quantitative estimate of drug-likeness (QED) is 0.833. The standard InChI is InChI=1S/C15H17ClN2O3/c16-12-3-1-2-4-13(12)18-10-11(9-14(18)19)15(20)17-5-7-21-8-6-17/h1-4,11H,5-10H2. The lowest BCUT2D eigenvalue weighted by molar-refractivity contribution is -0.139. The number of ether oxygens (including phenoxy) is 1. The first-order valence-corrected chi connectivity index (χ1v) is 7.46. The molecular weight excluding hydrogens is 292 g/mol. The van der Waals surface area contributed by atoms with E-state index in [0.29, 0.717) is 43.6 Å². The van der Waals surface area contributed by atoms with Crippen molar-refractivity contribution in [2.75, 3.05) is 37.7 Å². The van der Waals surface area contributed by atoms with Crippen LogP contribution in [0.5, 0.6) is 0 Å². The minimum Gasteiger partial charge on any atom is -0.378 e. The van der Waals surface area contributed by atoms with Crippen LogP contribution in [-0.4, -0.2) is 49.6 Å². The lowest BCUT2D eigenvalue weighted by Gasteiger charge is -2.29. The fraction of sp³-hybridized carbons (Fsp3) is 0.467. The van der Waals surface area contributed by atoms with Gasteiger partial charge in [-0.2, -0.15) is 0 Å². The summed E-state index contributed by atoms with van der Waals surface area (Å²) < 4.78 is 5.25. The molecule has 2 amide bonds. The zero-order valence-electron chi connectivity index (χ0n) is 11.6. The van der Waals surface area contributed by atoms with Gasteiger partial charge < -0.3 is 14.5 Å². The molecule has 2 aliphatic heterocycles. The first-order valence-electron chi connectivity index (χ1n) is 7.08. The predicted octanol–water partition coefficient (Wildman–Crippen LogP) is 1.55. The normalized spacial score (nSPS) is 22.7. The molecule has 0 aromatic heterocycles.